The van der Waals surface area contributed by atoms with Crippen molar-refractivity contribution in [3.05, 3.63) is 53.6 Å². The van der Waals surface area contributed by atoms with Gasteiger partial charge in [0, 0.05) is 7.11 Å². The molecule has 4 heteroatoms. The van der Waals surface area contributed by atoms with Crippen LogP contribution in [0.5, 0.6) is 17.2 Å². The minimum absolute atomic E-state index is 0.257. The lowest BCUT2D eigenvalue weighted by atomic mass is 10.00. The molecule has 0 saturated heterocycles. The molecule has 0 aromatic heterocycles. The van der Waals surface area contributed by atoms with Gasteiger partial charge in [0.15, 0.2) is 18.3 Å². The van der Waals surface area contributed by atoms with Crippen LogP contribution in [0.4, 0.5) is 0 Å². The molecule has 0 amide bonds. The number of allylic oxidation sites excluding steroid dienone is 1. The SMILES string of the molecule is CCC(=Cc1ccc(OCOC)cc1)c1ccc2c(c1)OCO2. The number of hydrogen-bond donors (Lipinski definition) is 0. The molecule has 0 bridgehead atoms. The van der Waals surface area contributed by atoms with Gasteiger partial charge in [-0.25, -0.2) is 0 Å². The normalized spacial score (nSPS) is 13.2. The van der Waals surface area contributed by atoms with Crippen molar-refractivity contribution >= 4 is 11.6 Å². The first-order valence-corrected chi connectivity index (χ1v) is 7.62. The van der Waals surface area contributed by atoms with Crippen molar-refractivity contribution in [2.75, 3.05) is 20.7 Å². The minimum Gasteiger partial charge on any atom is -0.468 e. The second kappa shape index (κ2) is 7.20. The highest BCUT2D eigenvalue weighted by atomic mass is 16.7. The van der Waals surface area contributed by atoms with Crippen molar-refractivity contribution < 1.29 is 18.9 Å². The van der Waals surface area contributed by atoms with Gasteiger partial charge in [-0.15, -0.1) is 0 Å². The molecule has 0 fully saturated rings. The van der Waals surface area contributed by atoms with Crippen molar-refractivity contribution in [3.63, 3.8) is 0 Å². The van der Waals surface area contributed by atoms with E-state index >= 15 is 0 Å². The van der Waals surface area contributed by atoms with Gasteiger partial charge >= 0.3 is 0 Å². The molecule has 120 valence electrons. The third-order valence-electron chi connectivity index (χ3n) is 3.69. The van der Waals surface area contributed by atoms with Crippen LogP contribution < -0.4 is 14.2 Å². The molecule has 0 radical (unpaired) electrons. The van der Waals surface area contributed by atoms with Crippen molar-refractivity contribution in [2.45, 2.75) is 13.3 Å². The second-order valence-corrected chi connectivity index (χ2v) is 5.21. The topological polar surface area (TPSA) is 36.9 Å². The van der Waals surface area contributed by atoms with E-state index in [-0.39, 0.29) is 6.79 Å². The quantitative estimate of drug-likeness (QED) is 0.587. The van der Waals surface area contributed by atoms with Gasteiger partial charge < -0.3 is 18.9 Å². The summed E-state index contributed by atoms with van der Waals surface area (Å²) in [6, 6.07) is 14.0. The van der Waals surface area contributed by atoms with Gasteiger partial charge in [-0.1, -0.05) is 31.2 Å². The maximum atomic E-state index is 5.46. The Morgan fingerprint density at radius 3 is 2.61 bits per heavy atom. The Morgan fingerprint density at radius 2 is 1.87 bits per heavy atom. The predicted molar refractivity (Wildman–Crippen MR) is 89.7 cm³/mol. The standard InChI is InChI=1S/C19H20O4/c1-3-15(16-6-9-18-19(11-16)23-13-22-18)10-14-4-7-17(8-5-14)21-12-20-2/h4-11H,3,12-13H2,1-2H3. The van der Waals surface area contributed by atoms with E-state index in [9.17, 15) is 0 Å². The molecule has 0 aliphatic carbocycles. The third kappa shape index (κ3) is 3.66. The first-order chi connectivity index (χ1) is 11.3. The highest BCUT2D eigenvalue weighted by molar-refractivity contribution is 5.82. The highest BCUT2D eigenvalue weighted by Crippen LogP contribution is 2.35. The number of fused-ring (bicyclic) bond motifs is 1. The molecule has 0 unspecified atom stereocenters. The van der Waals surface area contributed by atoms with Crippen LogP contribution in [0.3, 0.4) is 0 Å². The number of methoxy groups -OCH3 is 1. The van der Waals surface area contributed by atoms with E-state index in [1.807, 2.05) is 36.4 Å². The van der Waals surface area contributed by atoms with Crippen LogP contribution in [-0.4, -0.2) is 20.7 Å². The molecule has 4 nitrogen and oxygen atoms in total. The maximum Gasteiger partial charge on any atom is 0.231 e. The van der Waals surface area contributed by atoms with Crippen LogP contribution in [0, 0.1) is 0 Å². The molecule has 23 heavy (non-hydrogen) atoms. The molecule has 1 heterocycles. The van der Waals surface area contributed by atoms with E-state index in [0.717, 1.165) is 34.8 Å². The zero-order valence-corrected chi connectivity index (χ0v) is 13.4. The lowest BCUT2D eigenvalue weighted by Gasteiger charge is -2.08. The summed E-state index contributed by atoms with van der Waals surface area (Å²) in [7, 11) is 1.61. The van der Waals surface area contributed by atoms with Crippen LogP contribution >= 0.6 is 0 Å². The monoisotopic (exact) mass is 312 g/mol. The Bertz CT molecular complexity index is 689. The summed E-state index contributed by atoms with van der Waals surface area (Å²) in [6.45, 7) is 2.70. The van der Waals surface area contributed by atoms with Crippen LogP contribution in [-0.2, 0) is 4.74 Å². The first kappa shape index (κ1) is 15.4. The van der Waals surface area contributed by atoms with E-state index in [2.05, 4.69) is 19.1 Å². The van der Waals surface area contributed by atoms with Crippen molar-refractivity contribution in [3.8, 4) is 17.2 Å². The molecule has 0 atom stereocenters. The minimum atomic E-state index is 0.257. The number of ether oxygens (including phenoxy) is 4. The lowest BCUT2D eigenvalue weighted by molar-refractivity contribution is 0.0511. The zero-order chi connectivity index (χ0) is 16.1. The van der Waals surface area contributed by atoms with E-state index < -0.39 is 0 Å². The fourth-order valence-electron chi connectivity index (χ4n) is 2.47. The Kier molecular flexibility index (Phi) is 4.83. The highest BCUT2D eigenvalue weighted by Gasteiger charge is 2.14. The average Bonchev–Trinajstić information content (AvgIpc) is 3.06. The molecule has 1 aliphatic heterocycles. The maximum absolute atomic E-state index is 5.46. The second-order valence-electron chi connectivity index (χ2n) is 5.21. The largest absolute Gasteiger partial charge is 0.468 e. The van der Waals surface area contributed by atoms with Crippen LogP contribution in [0.2, 0.25) is 0 Å². The lowest BCUT2D eigenvalue weighted by Crippen LogP contribution is -1.98. The summed E-state index contributed by atoms with van der Waals surface area (Å²) in [5, 5.41) is 0. The summed E-state index contributed by atoms with van der Waals surface area (Å²) >= 11 is 0. The summed E-state index contributed by atoms with van der Waals surface area (Å²) < 4.78 is 21.1. The summed E-state index contributed by atoms with van der Waals surface area (Å²) in [5.74, 6) is 2.42. The predicted octanol–water partition coefficient (Wildman–Crippen LogP) is 4.35. The Morgan fingerprint density at radius 1 is 1.09 bits per heavy atom. The van der Waals surface area contributed by atoms with Gasteiger partial charge in [0.1, 0.15) is 5.75 Å². The van der Waals surface area contributed by atoms with E-state index in [1.54, 1.807) is 7.11 Å². The van der Waals surface area contributed by atoms with E-state index in [4.69, 9.17) is 18.9 Å². The molecule has 2 aromatic rings. The Labute approximate surface area is 136 Å². The number of benzene rings is 2. The fourth-order valence-corrected chi connectivity index (χ4v) is 2.47. The van der Waals surface area contributed by atoms with Gasteiger partial charge in [-0.05, 0) is 47.4 Å². The molecular formula is C19H20O4. The molecule has 0 spiro atoms. The van der Waals surface area contributed by atoms with Gasteiger partial charge in [0.25, 0.3) is 0 Å². The molecule has 1 aliphatic rings. The molecule has 0 N–H and O–H groups in total. The molecular weight excluding hydrogens is 292 g/mol. The third-order valence-corrected chi connectivity index (χ3v) is 3.69. The molecule has 2 aromatic carbocycles. The van der Waals surface area contributed by atoms with E-state index in [0.29, 0.717) is 6.79 Å². The number of rotatable bonds is 6. The smallest absolute Gasteiger partial charge is 0.231 e. The zero-order valence-electron chi connectivity index (χ0n) is 13.4. The van der Waals surface area contributed by atoms with Crippen LogP contribution in [0.15, 0.2) is 42.5 Å². The van der Waals surface area contributed by atoms with Gasteiger partial charge in [0.2, 0.25) is 6.79 Å². The summed E-state index contributed by atoms with van der Waals surface area (Å²) in [5.41, 5.74) is 3.52. The van der Waals surface area contributed by atoms with Gasteiger partial charge in [0.05, 0.1) is 0 Å². The average molecular weight is 312 g/mol. The molecule has 3 rings (SSSR count). The summed E-state index contributed by atoms with van der Waals surface area (Å²) in [4.78, 5) is 0. The Hall–Kier alpha value is -2.46. The van der Waals surface area contributed by atoms with E-state index in [1.165, 1.54) is 5.57 Å². The first-order valence-electron chi connectivity index (χ1n) is 7.62. The molecule has 0 saturated carbocycles. The van der Waals surface area contributed by atoms with Crippen LogP contribution in [0.25, 0.3) is 11.6 Å². The fraction of sp³-hybridized carbons (Fsp3) is 0.263. The van der Waals surface area contributed by atoms with Crippen molar-refractivity contribution in [1.82, 2.24) is 0 Å². The van der Waals surface area contributed by atoms with Crippen molar-refractivity contribution in [1.29, 1.82) is 0 Å². The summed E-state index contributed by atoms with van der Waals surface area (Å²) in [6.07, 6.45) is 3.11. The van der Waals surface area contributed by atoms with Gasteiger partial charge in [-0.2, -0.15) is 0 Å². The van der Waals surface area contributed by atoms with Crippen molar-refractivity contribution in [2.24, 2.45) is 0 Å². The van der Waals surface area contributed by atoms with Crippen LogP contribution in [0.1, 0.15) is 24.5 Å². The Balaban J connectivity index is 1.81. The van der Waals surface area contributed by atoms with Gasteiger partial charge in [-0.3, -0.25) is 0 Å². The number of hydrogen-bond acceptors (Lipinski definition) is 4.